The number of aromatic nitrogens is 2. The fraction of sp³-hybridized carbons (Fsp3) is 0.263. The summed E-state index contributed by atoms with van der Waals surface area (Å²) in [5, 5.41) is 4.04. The summed E-state index contributed by atoms with van der Waals surface area (Å²) >= 11 is 0. The van der Waals surface area contributed by atoms with E-state index in [4.69, 9.17) is 0 Å². The fourth-order valence-corrected chi connectivity index (χ4v) is 2.99. The van der Waals surface area contributed by atoms with Gasteiger partial charge in [0.25, 0.3) is 0 Å². The van der Waals surface area contributed by atoms with Crippen molar-refractivity contribution in [3.63, 3.8) is 0 Å². The Bertz CT molecular complexity index is 844. The van der Waals surface area contributed by atoms with Crippen molar-refractivity contribution in [1.29, 1.82) is 0 Å². The molecule has 0 aliphatic carbocycles. The normalized spacial score (nSPS) is 10.9. The Labute approximate surface area is 136 Å². The minimum atomic E-state index is -0.0403. The van der Waals surface area contributed by atoms with E-state index in [9.17, 15) is 4.79 Å². The molecule has 4 heteroatoms. The van der Waals surface area contributed by atoms with Gasteiger partial charge in [-0.1, -0.05) is 18.2 Å². The van der Waals surface area contributed by atoms with Gasteiger partial charge < -0.3 is 9.88 Å². The zero-order chi connectivity index (χ0) is 16.4. The summed E-state index contributed by atoms with van der Waals surface area (Å²) in [6.07, 6.45) is 2.42. The van der Waals surface area contributed by atoms with E-state index in [2.05, 4.69) is 40.1 Å². The van der Waals surface area contributed by atoms with Crippen LogP contribution in [0, 0.1) is 13.8 Å². The second-order valence-corrected chi connectivity index (χ2v) is 5.85. The Morgan fingerprint density at radius 1 is 1.22 bits per heavy atom. The third-order valence-corrected chi connectivity index (χ3v) is 3.93. The number of nitrogens with one attached hydrogen (secondary N) is 1. The van der Waals surface area contributed by atoms with Gasteiger partial charge in [-0.05, 0) is 50.1 Å². The lowest BCUT2D eigenvalue weighted by Gasteiger charge is -2.06. The molecule has 0 aliphatic heterocycles. The second-order valence-electron chi connectivity index (χ2n) is 5.85. The van der Waals surface area contributed by atoms with E-state index < -0.39 is 0 Å². The predicted octanol–water partition coefficient (Wildman–Crippen LogP) is 3.85. The highest BCUT2D eigenvalue weighted by Gasteiger charge is 2.12. The van der Waals surface area contributed by atoms with Crippen LogP contribution in [0.25, 0.3) is 10.9 Å². The minimum Gasteiger partial charge on any atom is -0.347 e. The van der Waals surface area contributed by atoms with Gasteiger partial charge in [-0.15, -0.1) is 0 Å². The molecular formula is C19H21N3O. The number of rotatable bonds is 4. The van der Waals surface area contributed by atoms with Crippen LogP contribution in [0.5, 0.6) is 0 Å². The van der Waals surface area contributed by atoms with Gasteiger partial charge in [-0.25, -0.2) is 4.98 Å². The number of para-hydroxylation sites is 1. The number of pyridine rings is 1. The lowest BCUT2D eigenvalue weighted by molar-refractivity contribution is -0.115. The number of carbonyl (C=O) groups excluding carboxylic acids is 1. The maximum atomic E-state index is 12.4. The summed E-state index contributed by atoms with van der Waals surface area (Å²) in [5.74, 6) is 0.577. The number of hydrogen-bond donors (Lipinski definition) is 1. The first kappa shape index (κ1) is 15.3. The number of hydrogen-bond acceptors (Lipinski definition) is 2. The highest BCUT2D eigenvalue weighted by atomic mass is 16.1. The standard InChI is InChI=1S/C19H21N3O/c1-4-22-12-15(16-7-5-6-8-17(16)22)11-19(23)21-18-10-13(2)9-14(3)20-18/h5-10,12H,4,11H2,1-3H3,(H,20,21,23). The fourth-order valence-electron chi connectivity index (χ4n) is 2.99. The Morgan fingerprint density at radius 3 is 2.74 bits per heavy atom. The quantitative estimate of drug-likeness (QED) is 0.795. The molecule has 1 N–H and O–H groups in total. The molecule has 0 unspecified atom stereocenters. The predicted molar refractivity (Wildman–Crippen MR) is 93.7 cm³/mol. The molecule has 118 valence electrons. The van der Waals surface area contributed by atoms with Crippen LogP contribution in [-0.4, -0.2) is 15.5 Å². The van der Waals surface area contributed by atoms with Crippen molar-refractivity contribution in [3.05, 3.63) is 59.4 Å². The van der Waals surface area contributed by atoms with Gasteiger partial charge in [0.15, 0.2) is 0 Å². The van der Waals surface area contributed by atoms with E-state index in [1.165, 1.54) is 5.52 Å². The molecule has 3 rings (SSSR count). The van der Waals surface area contributed by atoms with Crippen LogP contribution in [-0.2, 0) is 17.8 Å². The van der Waals surface area contributed by atoms with E-state index in [1.807, 2.05) is 38.1 Å². The van der Waals surface area contributed by atoms with Crippen molar-refractivity contribution in [2.75, 3.05) is 5.32 Å². The highest BCUT2D eigenvalue weighted by molar-refractivity contribution is 5.95. The first-order chi connectivity index (χ1) is 11.1. The third-order valence-electron chi connectivity index (χ3n) is 3.93. The molecule has 0 aliphatic rings. The first-order valence-corrected chi connectivity index (χ1v) is 7.88. The summed E-state index contributed by atoms with van der Waals surface area (Å²) < 4.78 is 2.17. The zero-order valence-corrected chi connectivity index (χ0v) is 13.8. The number of fused-ring (bicyclic) bond motifs is 1. The van der Waals surface area contributed by atoms with E-state index in [1.54, 1.807) is 0 Å². The molecule has 2 aromatic heterocycles. The highest BCUT2D eigenvalue weighted by Crippen LogP contribution is 2.22. The van der Waals surface area contributed by atoms with E-state index in [0.29, 0.717) is 12.2 Å². The Balaban J connectivity index is 1.83. The number of aryl methyl sites for hydroxylation is 3. The molecule has 0 spiro atoms. The Hall–Kier alpha value is -2.62. The molecule has 23 heavy (non-hydrogen) atoms. The molecular weight excluding hydrogens is 286 g/mol. The zero-order valence-electron chi connectivity index (χ0n) is 13.8. The SMILES string of the molecule is CCn1cc(CC(=O)Nc2cc(C)cc(C)n2)c2ccccc21. The summed E-state index contributed by atoms with van der Waals surface area (Å²) in [6, 6.07) is 12.1. The molecule has 1 aromatic carbocycles. The minimum absolute atomic E-state index is 0.0403. The van der Waals surface area contributed by atoms with Crippen LogP contribution < -0.4 is 5.32 Å². The first-order valence-electron chi connectivity index (χ1n) is 7.88. The largest absolute Gasteiger partial charge is 0.347 e. The van der Waals surface area contributed by atoms with E-state index in [-0.39, 0.29) is 5.91 Å². The number of amides is 1. The second kappa shape index (κ2) is 6.24. The van der Waals surface area contributed by atoms with Crippen molar-refractivity contribution in [3.8, 4) is 0 Å². The van der Waals surface area contributed by atoms with Gasteiger partial charge in [-0.2, -0.15) is 0 Å². The Morgan fingerprint density at radius 2 is 2.00 bits per heavy atom. The molecule has 0 atom stereocenters. The molecule has 0 radical (unpaired) electrons. The molecule has 0 saturated carbocycles. The molecule has 0 bridgehead atoms. The molecule has 2 heterocycles. The van der Waals surface area contributed by atoms with E-state index >= 15 is 0 Å². The maximum absolute atomic E-state index is 12.4. The van der Waals surface area contributed by atoms with Crippen LogP contribution in [0.4, 0.5) is 5.82 Å². The Kier molecular flexibility index (Phi) is 4.15. The van der Waals surface area contributed by atoms with Crippen molar-refractivity contribution >= 4 is 22.6 Å². The molecule has 0 fully saturated rings. The third kappa shape index (κ3) is 3.26. The van der Waals surface area contributed by atoms with E-state index in [0.717, 1.165) is 28.8 Å². The van der Waals surface area contributed by atoms with Crippen LogP contribution in [0.15, 0.2) is 42.6 Å². The van der Waals surface area contributed by atoms with Gasteiger partial charge in [0.1, 0.15) is 5.82 Å². The van der Waals surface area contributed by atoms with Crippen molar-refractivity contribution in [2.45, 2.75) is 33.7 Å². The number of anilines is 1. The monoisotopic (exact) mass is 307 g/mol. The maximum Gasteiger partial charge on any atom is 0.230 e. The molecule has 4 nitrogen and oxygen atoms in total. The molecule has 3 aromatic rings. The molecule has 1 amide bonds. The van der Waals surface area contributed by atoms with Gasteiger partial charge in [0.2, 0.25) is 5.91 Å². The smallest absolute Gasteiger partial charge is 0.230 e. The summed E-state index contributed by atoms with van der Waals surface area (Å²) in [6.45, 7) is 6.92. The molecule has 0 saturated heterocycles. The number of nitrogens with zero attached hydrogens (tertiary/aromatic N) is 2. The average molecular weight is 307 g/mol. The van der Waals surface area contributed by atoms with Crippen molar-refractivity contribution in [1.82, 2.24) is 9.55 Å². The average Bonchev–Trinajstić information content (AvgIpc) is 2.84. The van der Waals surface area contributed by atoms with Crippen LogP contribution in [0.2, 0.25) is 0 Å². The van der Waals surface area contributed by atoms with Gasteiger partial charge >= 0.3 is 0 Å². The lowest BCUT2D eigenvalue weighted by atomic mass is 10.1. The summed E-state index contributed by atoms with van der Waals surface area (Å²) in [4.78, 5) is 16.7. The number of carbonyl (C=O) groups is 1. The van der Waals surface area contributed by atoms with Crippen LogP contribution >= 0.6 is 0 Å². The summed E-state index contributed by atoms with van der Waals surface area (Å²) in [7, 11) is 0. The van der Waals surface area contributed by atoms with Crippen molar-refractivity contribution in [2.24, 2.45) is 0 Å². The van der Waals surface area contributed by atoms with Crippen LogP contribution in [0.3, 0.4) is 0 Å². The lowest BCUT2D eigenvalue weighted by Crippen LogP contribution is -2.15. The van der Waals surface area contributed by atoms with Gasteiger partial charge in [0, 0.05) is 29.3 Å². The van der Waals surface area contributed by atoms with Crippen LogP contribution in [0.1, 0.15) is 23.7 Å². The van der Waals surface area contributed by atoms with Gasteiger partial charge in [-0.3, -0.25) is 4.79 Å². The topological polar surface area (TPSA) is 46.9 Å². The summed E-state index contributed by atoms with van der Waals surface area (Å²) in [5.41, 5.74) is 4.21. The number of benzene rings is 1. The van der Waals surface area contributed by atoms with Crippen molar-refractivity contribution < 1.29 is 4.79 Å². The van der Waals surface area contributed by atoms with Gasteiger partial charge in [0.05, 0.1) is 6.42 Å².